The maximum absolute atomic E-state index is 10.7. The Morgan fingerprint density at radius 1 is 1.54 bits per heavy atom. The van der Waals surface area contributed by atoms with Crippen LogP contribution in [0.4, 0.5) is 11.4 Å². The average Bonchev–Trinajstić information content (AvgIpc) is 1.98. The first-order valence-corrected chi connectivity index (χ1v) is 3.87. The molecule has 0 fully saturated rings. The van der Waals surface area contributed by atoms with E-state index in [4.69, 9.17) is 5.73 Å². The van der Waals surface area contributed by atoms with E-state index in [9.17, 15) is 9.90 Å². The summed E-state index contributed by atoms with van der Waals surface area (Å²) >= 11 is 0. The van der Waals surface area contributed by atoms with Crippen molar-refractivity contribution in [3.63, 3.8) is 0 Å². The molecule has 0 saturated carbocycles. The second-order valence-corrected chi connectivity index (χ2v) is 2.89. The summed E-state index contributed by atoms with van der Waals surface area (Å²) in [6, 6.07) is 3.07. The molecule has 0 bridgehead atoms. The molecule has 0 spiro atoms. The molecule has 1 aromatic rings. The normalized spacial score (nSPS) is 9.69. The summed E-state index contributed by atoms with van der Waals surface area (Å²) in [7, 11) is 0. The third-order valence-electron chi connectivity index (χ3n) is 1.74. The maximum atomic E-state index is 10.7. The Labute approximate surface area is 76.4 Å². The van der Waals surface area contributed by atoms with Gasteiger partial charge in [-0.15, -0.1) is 0 Å². The fourth-order valence-corrected chi connectivity index (χ4v) is 0.996. The molecule has 70 valence electrons. The monoisotopic (exact) mass is 180 g/mol. The van der Waals surface area contributed by atoms with E-state index in [1.165, 1.54) is 13.0 Å². The number of hydrogen-bond donors (Lipinski definition) is 3. The second kappa shape index (κ2) is 3.35. The molecule has 4 N–H and O–H groups in total. The van der Waals surface area contributed by atoms with Crippen LogP contribution in [0.3, 0.4) is 0 Å². The number of aromatic hydroxyl groups is 1. The highest BCUT2D eigenvalue weighted by atomic mass is 16.3. The first-order valence-electron chi connectivity index (χ1n) is 3.87. The van der Waals surface area contributed by atoms with Crippen LogP contribution < -0.4 is 11.1 Å². The smallest absolute Gasteiger partial charge is 0.221 e. The summed E-state index contributed by atoms with van der Waals surface area (Å²) in [5.74, 6) is -0.105. The second-order valence-electron chi connectivity index (χ2n) is 2.89. The van der Waals surface area contributed by atoms with E-state index < -0.39 is 0 Å². The largest absolute Gasteiger partial charge is 0.508 e. The van der Waals surface area contributed by atoms with Crippen LogP contribution in [-0.2, 0) is 4.79 Å². The molecule has 1 aromatic carbocycles. The van der Waals surface area contributed by atoms with E-state index in [1.807, 2.05) is 0 Å². The van der Waals surface area contributed by atoms with Crippen molar-refractivity contribution in [2.75, 3.05) is 11.1 Å². The SMILES string of the molecule is CC(=O)Nc1cc(N)c(C)c(O)c1. The predicted octanol–water partition coefficient (Wildman–Crippen LogP) is 1.24. The van der Waals surface area contributed by atoms with Crippen molar-refractivity contribution in [2.45, 2.75) is 13.8 Å². The highest BCUT2D eigenvalue weighted by Gasteiger charge is 2.04. The van der Waals surface area contributed by atoms with Crippen LogP contribution in [0.2, 0.25) is 0 Å². The molecule has 0 atom stereocenters. The van der Waals surface area contributed by atoms with Gasteiger partial charge >= 0.3 is 0 Å². The van der Waals surface area contributed by atoms with E-state index >= 15 is 0 Å². The van der Waals surface area contributed by atoms with E-state index in [2.05, 4.69) is 5.32 Å². The van der Waals surface area contributed by atoms with Crippen LogP contribution in [0.5, 0.6) is 5.75 Å². The van der Waals surface area contributed by atoms with Crippen molar-refractivity contribution in [1.29, 1.82) is 0 Å². The van der Waals surface area contributed by atoms with Gasteiger partial charge in [-0.1, -0.05) is 0 Å². The summed E-state index contributed by atoms with van der Waals surface area (Å²) in [5, 5.41) is 11.9. The number of nitrogens with one attached hydrogen (secondary N) is 1. The molecule has 0 saturated heterocycles. The number of rotatable bonds is 1. The van der Waals surface area contributed by atoms with Crippen LogP contribution in [-0.4, -0.2) is 11.0 Å². The first kappa shape index (κ1) is 9.38. The average molecular weight is 180 g/mol. The molecular formula is C9H12N2O2. The van der Waals surface area contributed by atoms with E-state index in [0.717, 1.165) is 0 Å². The lowest BCUT2D eigenvalue weighted by Crippen LogP contribution is -2.06. The Kier molecular flexibility index (Phi) is 2.41. The van der Waals surface area contributed by atoms with Gasteiger partial charge in [-0.3, -0.25) is 4.79 Å². The lowest BCUT2D eigenvalue weighted by atomic mass is 10.1. The van der Waals surface area contributed by atoms with Crippen LogP contribution in [0.15, 0.2) is 12.1 Å². The van der Waals surface area contributed by atoms with Crippen LogP contribution >= 0.6 is 0 Å². The Morgan fingerprint density at radius 3 is 2.62 bits per heavy atom. The highest BCUT2D eigenvalue weighted by molar-refractivity contribution is 5.89. The number of nitrogen functional groups attached to an aromatic ring is 1. The van der Waals surface area contributed by atoms with Crippen molar-refractivity contribution in [3.8, 4) is 5.75 Å². The van der Waals surface area contributed by atoms with Crippen molar-refractivity contribution in [2.24, 2.45) is 0 Å². The fraction of sp³-hybridized carbons (Fsp3) is 0.222. The molecule has 13 heavy (non-hydrogen) atoms. The standard InChI is InChI=1S/C9H12N2O2/c1-5-8(10)3-7(4-9(5)13)11-6(2)12/h3-4,13H,10H2,1-2H3,(H,11,12). The number of nitrogens with two attached hydrogens (primary N) is 1. The number of phenols is 1. The summed E-state index contributed by atoms with van der Waals surface area (Å²) in [6.45, 7) is 3.11. The van der Waals surface area contributed by atoms with Gasteiger partial charge in [0, 0.05) is 29.9 Å². The van der Waals surface area contributed by atoms with Crippen molar-refractivity contribution in [3.05, 3.63) is 17.7 Å². The maximum Gasteiger partial charge on any atom is 0.221 e. The lowest BCUT2D eigenvalue weighted by molar-refractivity contribution is -0.114. The van der Waals surface area contributed by atoms with Gasteiger partial charge in [0.25, 0.3) is 0 Å². The molecule has 0 radical (unpaired) electrons. The topological polar surface area (TPSA) is 75.4 Å². The van der Waals surface area contributed by atoms with E-state index in [-0.39, 0.29) is 11.7 Å². The molecule has 0 heterocycles. The number of carbonyl (C=O) groups is 1. The summed E-state index contributed by atoms with van der Waals surface area (Å²) in [6.07, 6.45) is 0. The van der Waals surface area contributed by atoms with E-state index in [0.29, 0.717) is 16.9 Å². The third kappa shape index (κ3) is 2.11. The summed E-state index contributed by atoms with van der Waals surface area (Å²) in [4.78, 5) is 10.7. The van der Waals surface area contributed by atoms with Crippen LogP contribution in [0, 0.1) is 6.92 Å². The minimum Gasteiger partial charge on any atom is -0.508 e. The molecule has 4 nitrogen and oxygen atoms in total. The quantitative estimate of drug-likeness (QED) is 0.569. The molecule has 1 rings (SSSR count). The summed E-state index contributed by atoms with van der Waals surface area (Å²) in [5.41, 5.74) is 7.17. The van der Waals surface area contributed by atoms with Gasteiger partial charge in [0.15, 0.2) is 0 Å². The number of amides is 1. The number of hydrogen-bond acceptors (Lipinski definition) is 3. The van der Waals surface area contributed by atoms with Gasteiger partial charge in [0.05, 0.1) is 0 Å². The minimum atomic E-state index is -0.192. The molecule has 0 unspecified atom stereocenters. The molecule has 0 aliphatic rings. The number of anilines is 2. The highest BCUT2D eigenvalue weighted by Crippen LogP contribution is 2.26. The zero-order valence-corrected chi connectivity index (χ0v) is 7.59. The van der Waals surface area contributed by atoms with Gasteiger partial charge in [-0.25, -0.2) is 0 Å². The minimum absolute atomic E-state index is 0.0868. The molecular weight excluding hydrogens is 168 g/mol. The Morgan fingerprint density at radius 2 is 2.15 bits per heavy atom. The molecule has 0 aliphatic heterocycles. The van der Waals surface area contributed by atoms with Crippen molar-refractivity contribution in [1.82, 2.24) is 0 Å². The fourth-order valence-electron chi connectivity index (χ4n) is 0.996. The van der Waals surface area contributed by atoms with Gasteiger partial charge in [0.1, 0.15) is 5.75 Å². The number of phenolic OH excluding ortho intramolecular Hbond substituents is 1. The Hall–Kier alpha value is -1.71. The third-order valence-corrected chi connectivity index (χ3v) is 1.74. The number of carbonyl (C=O) groups excluding carboxylic acids is 1. The van der Waals surface area contributed by atoms with Crippen molar-refractivity contribution >= 4 is 17.3 Å². The van der Waals surface area contributed by atoms with Gasteiger partial charge in [0.2, 0.25) is 5.91 Å². The Balaban J connectivity index is 3.06. The molecule has 1 amide bonds. The molecule has 0 aliphatic carbocycles. The number of benzene rings is 1. The van der Waals surface area contributed by atoms with Gasteiger partial charge in [-0.2, -0.15) is 0 Å². The lowest BCUT2D eigenvalue weighted by Gasteiger charge is -2.07. The zero-order chi connectivity index (χ0) is 10.0. The van der Waals surface area contributed by atoms with E-state index in [1.54, 1.807) is 13.0 Å². The zero-order valence-electron chi connectivity index (χ0n) is 7.59. The van der Waals surface area contributed by atoms with Gasteiger partial charge < -0.3 is 16.2 Å². The van der Waals surface area contributed by atoms with Crippen LogP contribution in [0.25, 0.3) is 0 Å². The van der Waals surface area contributed by atoms with Crippen molar-refractivity contribution < 1.29 is 9.90 Å². The predicted molar refractivity (Wildman–Crippen MR) is 51.6 cm³/mol. The summed E-state index contributed by atoms with van der Waals surface area (Å²) < 4.78 is 0. The van der Waals surface area contributed by atoms with Gasteiger partial charge in [-0.05, 0) is 13.0 Å². The Bertz CT molecular complexity index is 324. The molecule has 4 heteroatoms. The first-order chi connectivity index (χ1) is 6.00. The van der Waals surface area contributed by atoms with Crippen LogP contribution in [0.1, 0.15) is 12.5 Å². The molecule has 0 aromatic heterocycles.